The van der Waals surface area contributed by atoms with E-state index in [4.69, 9.17) is 0 Å². The van der Waals surface area contributed by atoms with Gasteiger partial charge in [-0.15, -0.1) is 11.3 Å². The molecule has 0 saturated heterocycles. The number of aliphatic carboxylic acids is 1. The Morgan fingerprint density at radius 3 is 2.48 bits per heavy atom. The number of nitrogens with zero attached hydrogens (tertiary/aromatic N) is 3. The van der Waals surface area contributed by atoms with Gasteiger partial charge in [0.25, 0.3) is 21.5 Å². The van der Waals surface area contributed by atoms with E-state index in [2.05, 4.69) is 10.3 Å². The van der Waals surface area contributed by atoms with Gasteiger partial charge in [0.1, 0.15) is 5.56 Å². The van der Waals surface area contributed by atoms with E-state index < -0.39 is 45.1 Å². The second-order valence-corrected chi connectivity index (χ2v) is 13.0. The van der Waals surface area contributed by atoms with Gasteiger partial charge in [0.15, 0.2) is 23.3 Å². The summed E-state index contributed by atoms with van der Waals surface area (Å²) in [7, 11) is -4.01. The molecule has 0 aliphatic carbocycles. The second-order valence-electron chi connectivity index (χ2n) is 10.1. The van der Waals surface area contributed by atoms with Crippen molar-refractivity contribution in [1.82, 2.24) is 18.8 Å². The molecule has 0 aliphatic heterocycles. The number of hydrogen-bond donors (Lipinski definition) is 2. The van der Waals surface area contributed by atoms with Gasteiger partial charge in [-0.05, 0) is 66.2 Å². The van der Waals surface area contributed by atoms with Gasteiger partial charge in [0, 0.05) is 39.3 Å². The zero-order valence-electron chi connectivity index (χ0n) is 23.5. The number of nitrogens with one attached hydrogen (secondary N) is 1. The summed E-state index contributed by atoms with van der Waals surface area (Å²) in [5.41, 5.74) is -0.170. The van der Waals surface area contributed by atoms with Crippen molar-refractivity contribution >= 4 is 44.3 Å². The van der Waals surface area contributed by atoms with Crippen LogP contribution < -0.4 is 10.9 Å². The van der Waals surface area contributed by atoms with Crippen LogP contribution in [0.15, 0.2) is 113 Å². The molecule has 0 spiro atoms. The van der Waals surface area contributed by atoms with Gasteiger partial charge in [-0.2, -0.15) is 0 Å². The molecule has 0 bridgehead atoms. The normalized spacial score (nSPS) is 12.2. The number of carboxylic acids is 1. The molecule has 0 radical (unpaired) electrons. The second kappa shape index (κ2) is 12.1. The van der Waals surface area contributed by atoms with Gasteiger partial charge in [-0.25, -0.2) is 30.9 Å². The SMILES string of the molecule is O=C(NC(C(=O)O)c1ccc(-c2cn(S(=O)(=O)c3ccccc3)c3ncccc23)s1)c1cccn(Cc2ccc(F)c(F)c2)c1=O. The molecule has 1 amide bonds. The molecule has 14 heteroatoms. The van der Waals surface area contributed by atoms with Gasteiger partial charge in [-0.1, -0.05) is 24.3 Å². The van der Waals surface area contributed by atoms with Crippen LogP contribution in [0.25, 0.3) is 21.5 Å². The first kappa shape index (κ1) is 30.6. The van der Waals surface area contributed by atoms with Crippen molar-refractivity contribution in [2.24, 2.45) is 0 Å². The van der Waals surface area contributed by atoms with Crippen molar-refractivity contribution in [3.05, 3.63) is 142 Å². The zero-order valence-corrected chi connectivity index (χ0v) is 25.1. The lowest BCUT2D eigenvalue weighted by Gasteiger charge is -2.14. The molecule has 1 atom stereocenters. The van der Waals surface area contributed by atoms with Crippen LogP contribution in [0.2, 0.25) is 0 Å². The standard InChI is InChI=1S/C32H22F2N4O6S2/c33-24-11-10-19(16-25(24)34)17-37-15-5-9-22(31(37)40)30(39)36-28(32(41)42)27-13-12-26(45-27)23-18-38(29-21(23)8-4-14-35-29)46(43,44)20-6-2-1-3-7-20/h1-16,18,28H,17H2,(H,36,39)(H,41,42). The van der Waals surface area contributed by atoms with Crippen LogP contribution in [0.5, 0.6) is 0 Å². The highest BCUT2D eigenvalue weighted by molar-refractivity contribution is 7.90. The van der Waals surface area contributed by atoms with Crippen molar-refractivity contribution in [2.45, 2.75) is 17.5 Å². The van der Waals surface area contributed by atoms with Crippen molar-refractivity contribution in [2.75, 3.05) is 0 Å². The van der Waals surface area contributed by atoms with Crippen molar-refractivity contribution in [3.8, 4) is 10.4 Å². The molecule has 46 heavy (non-hydrogen) atoms. The maximum atomic E-state index is 13.7. The fourth-order valence-corrected chi connectivity index (χ4v) is 7.32. The molecular weight excluding hydrogens is 639 g/mol. The van der Waals surface area contributed by atoms with Crippen LogP contribution in [0.1, 0.15) is 26.8 Å². The predicted molar refractivity (Wildman–Crippen MR) is 166 cm³/mol. The highest BCUT2D eigenvalue weighted by Crippen LogP contribution is 2.37. The Hall–Kier alpha value is -5.47. The van der Waals surface area contributed by atoms with E-state index in [-0.39, 0.29) is 33.1 Å². The lowest BCUT2D eigenvalue weighted by atomic mass is 10.1. The van der Waals surface area contributed by atoms with Crippen LogP contribution in [0.4, 0.5) is 8.78 Å². The Balaban J connectivity index is 1.30. The Morgan fingerprint density at radius 1 is 0.957 bits per heavy atom. The van der Waals surface area contributed by atoms with E-state index in [1.807, 2.05) is 0 Å². The summed E-state index contributed by atoms with van der Waals surface area (Å²) in [5.74, 6) is -4.48. The zero-order chi connectivity index (χ0) is 32.6. The van der Waals surface area contributed by atoms with E-state index in [9.17, 15) is 36.7 Å². The summed E-state index contributed by atoms with van der Waals surface area (Å²) in [6.45, 7) is -0.156. The number of carboxylic acid groups (broad SMARTS) is 1. The Kier molecular flexibility index (Phi) is 8.06. The fourth-order valence-electron chi connectivity index (χ4n) is 4.90. The van der Waals surface area contributed by atoms with E-state index >= 15 is 0 Å². The number of carbonyl (C=O) groups is 2. The molecule has 0 saturated carbocycles. The number of thiophene rings is 1. The van der Waals surface area contributed by atoms with Crippen molar-refractivity contribution in [1.29, 1.82) is 0 Å². The minimum atomic E-state index is -4.01. The molecular formula is C32H22F2N4O6S2. The number of benzene rings is 2. The molecule has 10 nitrogen and oxygen atoms in total. The minimum Gasteiger partial charge on any atom is -0.479 e. The number of carbonyl (C=O) groups excluding carboxylic acids is 1. The summed E-state index contributed by atoms with van der Waals surface area (Å²) in [4.78, 5) is 43.7. The molecule has 4 aromatic heterocycles. The molecule has 2 aromatic carbocycles. The van der Waals surface area contributed by atoms with Crippen LogP contribution >= 0.6 is 11.3 Å². The van der Waals surface area contributed by atoms with Gasteiger partial charge >= 0.3 is 5.97 Å². The van der Waals surface area contributed by atoms with Gasteiger partial charge < -0.3 is 15.0 Å². The molecule has 2 N–H and O–H groups in total. The van der Waals surface area contributed by atoms with E-state index in [1.54, 1.807) is 36.4 Å². The average Bonchev–Trinajstić information content (AvgIpc) is 3.68. The number of hydrogen-bond acceptors (Lipinski definition) is 7. The van der Waals surface area contributed by atoms with Crippen LogP contribution in [-0.2, 0) is 21.4 Å². The summed E-state index contributed by atoms with van der Waals surface area (Å²) in [6.07, 6.45) is 4.25. The highest BCUT2D eigenvalue weighted by Gasteiger charge is 2.28. The first-order valence-electron chi connectivity index (χ1n) is 13.6. The molecule has 6 aromatic rings. The lowest BCUT2D eigenvalue weighted by molar-refractivity contribution is -0.139. The lowest BCUT2D eigenvalue weighted by Crippen LogP contribution is -2.37. The average molecular weight is 661 g/mol. The van der Waals surface area contributed by atoms with Gasteiger partial charge in [0.2, 0.25) is 0 Å². The predicted octanol–water partition coefficient (Wildman–Crippen LogP) is 5.05. The number of aromatic nitrogens is 3. The van der Waals surface area contributed by atoms with Crippen molar-refractivity contribution in [3.63, 3.8) is 0 Å². The van der Waals surface area contributed by atoms with E-state index in [1.165, 1.54) is 55.0 Å². The Bertz CT molecular complexity index is 2300. The molecule has 1 unspecified atom stereocenters. The van der Waals surface area contributed by atoms with Crippen molar-refractivity contribution < 1.29 is 31.9 Å². The monoisotopic (exact) mass is 660 g/mol. The van der Waals surface area contributed by atoms with Crippen LogP contribution in [0, 0.1) is 11.6 Å². The number of pyridine rings is 2. The molecule has 232 valence electrons. The van der Waals surface area contributed by atoms with Gasteiger partial charge in [0.05, 0.1) is 11.4 Å². The maximum Gasteiger partial charge on any atom is 0.331 e. The summed E-state index contributed by atoms with van der Waals surface area (Å²) in [5, 5.41) is 12.9. The number of halogens is 2. The van der Waals surface area contributed by atoms with E-state index in [0.29, 0.717) is 15.8 Å². The third-order valence-electron chi connectivity index (χ3n) is 7.13. The maximum absolute atomic E-state index is 13.7. The molecule has 4 heterocycles. The summed E-state index contributed by atoms with van der Waals surface area (Å²) >= 11 is 1.02. The quantitative estimate of drug-likeness (QED) is 0.221. The highest BCUT2D eigenvalue weighted by atomic mass is 32.2. The summed E-state index contributed by atoms with van der Waals surface area (Å²) < 4.78 is 56.1. The smallest absolute Gasteiger partial charge is 0.331 e. The minimum absolute atomic E-state index is 0.0643. The number of amides is 1. The van der Waals surface area contributed by atoms with Gasteiger partial charge in [-0.3, -0.25) is 9.59 Å². The Labute approximate surface area is 263 Å². The molecule has 0 fully saturated rings. The third-order valence-corrected chi connectivity index (χ3v) is 9.98. The third kappa shape index (κ3) is 5.71. The molecule has 0 aliphatic rings. The molecule has 6 rings (SSSR count). The van der Waals surface area contributed by atoms with Crippen LogP contribution in [-0.4, -0.2) is 38.9 Å². The first-order chi connectivity index (χ1) is 22.0. The fraction of sp³-hybridized carbons (Fsp3) is 0.0625. The topological polar surface area (TPSA) is 140 Å². The number of rotatable bonds is 9. The van der Waals surface area contributed by atoms with Crippen LogP contribution in [0.3, 0.4) is 0 Å². The van der Waals surface area contributed by atoms with E-state index in [0.717, 1.165) is 32.0 Å². The Morgan fingerprint density at radius 2 is 1.74 bits per heavy atom. The largest absolute Gasteiger partial charge is 0.479 e. The summed E-state index contributed by atoms with van der Waals surface area (Å²) in [6, 6.07) is 18.6. The number of fused-ring (bicyclic) bond motifs is 1. The first-order valence-corrected chi connectivity index (χ1v) is 15.8.